The topological polar surface area (TPSA) is 80.9 Å². The molecule has 2 rings (SSSR count). The van der Waals surface area contributed by atoms with Crippen LogP contribution in [0.2, 0.25) is 61.9 Å². The summed E-state index contributed by atoms with van der Waals surface area (Å²) in [5, 5.41) is 0. The Bertz CT molecular complexity index is 997. The maximum absolute atomic E-state index is 13.6. The highest BCUT2D eigenvalue weighted by molar-refractivity contribution is 6.76. The smallest absolute Gasteiger partial charge is 0.335 e. The van der Waals surface area contributed by atoms with Crippen molar-refractivity contribution in [2.24, 2.45) is 0 Å². The van der Waals surface area contributed by atoms with Crippen LogP contribution in [0.25, 0.3) is 0 Å². The van der Waals surface area contributed by atoms with Crippen LogP contribution in [0.15, 0.2) is 15.8 Å². The van der Waals surface area contributed by atoms with Crippen LogP contribution in [-0.2, 0) is 25.1 Å². The second-order valence-electron chi connectivity index (χ2n) is 12.4. The summed E-state index contributed by atoms with van der Waals surface area (Å²) in [6.07, 6.45) is 1.31. The Morgan fingerprint density at radius 2 is 1.49 bits per heavy atom. The van der Waals surface area contributed by atoms with E-state index in [0.717, 1.165) is 42.3 Å². The molecule has 226 valence electrons. The summed E-state index contributed by atoms with van der Waals surface area (Å²) in [7, 11) is -5.02. The lowest BCUT2D eigenvalue weighted by Gasteiger charge is -2.35. The highest BCUT2D eigenvalue weighted by Crippen LogP contribution is 2.36. The summed E-state index contributed by atoms with van der Waals surface area (Å²) in [5.41, 5.74) is -0.208. The minimum Gasteiger partial charge on any atom is -0.414 e. The average molecular weight is 601 g/mol. The van der Waals surface area contributed by atoms with Crippen molar-refractivity contribution in [1.29, 1.82) is 0 Å². The standard InChI is InChI=1S/C28H56N2O6Si3/c1-11-38(12-2,13-3)34-21-25-24(36-39(14-4,15-5)16-6)19-26(35-25)29-20-23(7)27(31)30(28(29)32)22-33-17-18-37(8,9)10/h20,24-26H,11-19,21-22H2,1-10H3/t24-,25+,26+/m0/s1. The molecule has 1 saturated heterocycles. The first-order chi connectivity index (χ1) is 18.3. The summed E-state index contributed by atoms with van der Waals surface area (Å²) in [4.78, 5) is 26.5. The molecule has 1 aromatic heterocycles. The van der Waals surface area contributed by atoms with Crippen molar-refractivity contribution in [2.45, 2.75) is 142 Å². The van der Waals surface area contributed by atoms with Crippen molar-refractivity contribution in [3.63, 3.8) is 0 Å². The quantitative estimate of drug-likeness (QED) is 0.154. The summed E-state index contributed by atoms with van der Waals surface area (Å²) in [6.45, 7) is 22.9. The molecule has 1 aliphatic rings. The average Bonchev–Trinajstić information content (AvgIpc) is 3.31. The van der Waals surface area contributed by atoms with Gasteiger partial charge in [0.05, 0.1) is 12.7 Å². The molecule has 0 spiro atoms. The zero-order valence-corrected chi connectivity index (χ0v) is 29.4. The van der Waals surface area contributed by atoms with E-state index < -0.39 is 36.6 Å². The van der Waals surface area contributed by atoms with Crippen molar-refractivity contribution >= 4 is 24.7 Å². The minimum absolute atomic E-state index is 0.0435. The molecule has 0 amide bonds. The molecular formula is C28H56N2O6Si3. The molecule has 11 heteroatoms. The highest BCUT2D eigenvalue weighted by Gasteiger charge is 2.44. The van der Waals surface area contributed by atoms with E-state index in [1.54, 1.807) is 17.7 Å². The van der Waals surface area contributed by atoms with Crippen LogP contribution in [0.3, 0.4) is 0 Å². The first kappa shape index (κ1) is 34.4. The van der Waals surface area contributed by atoms with Crippen LogP contribution in [0.5, 0.6) is 0 Å². The summed E-state index contributed by atoms with van der Waals surface area (Å²) in [6, 6.07) is 7.33. The number of hydrogen-bond acceptors (Lipinski definition) is 6. The molecule has 0 bridgehead atoms. The molecule has 3 atom stereocenters. The van der Waals surface area contributed by atoms with Gasteiger partial charge in [-0.3, -0.25) is 9.36 Å². The van der Waals surface area contributed by atoms with Gasteiger partial charge in [0.1, 0.15) is 19.1 Å². The highest BCUT2D eigenvalue weighted by atomic mass is 28.4. The molecule has 0 aromatic carbocycles. The van der Waals surface area contributed by atoms with Crippen molar-refractivity contribution in [2.75, 3.05) is 13.2 Å². The molecule has 1 aliphatic heterocycles. The zero-order chi connectivity index (χ0) is 29.4. The maximum atomic E-state index is 13.6. The largest absolute Gasteiger partial charge is 0.414 e. The lowest BCUT2D eigenvalue weighted by atomic mass is 10.2. The van der Waals surface area contributed by atoms with Crippen LogP contribution in [0.4, 0.5) is 0 Å². The minimum atomic E-state index is -1.92. The molecule has 1 aromatic rings. The fourth-order valence-electron chi connectivity index (χ4n) is 5.39. The van der Waals surface area contributed by atoms with E-state index in [-0.39, 0.29) is 24.5 Å². The predicted octanol–water partition coefficient (Wildman–Crippen LogP) is 6.33. The number of aryl methyl sites for hydroxylation is 1. The summed E-state index contributed by atoms with van der Waals surface area (Å²) >= 11 is 0. The Hall–Kier alpha value is -0.829. The molecule has 0 radical (unpaired) electrons. The Morgan fingerprint density at radius 3 is 2.00 bits per heavy atom. The van der Waals surface area contributed by atoms with Crippen molar-refractivity contribution < 1.29 is 18.3 Å². The van der Waals surface area contributed by atoms with Crippen LogP contribution in [0, 0.1) is 6.92 Å². The number of hydrogen-bond donors (Lipinski definition) is 0. The van der Waals surface area contributed by atoms with Crippen molar-refractivity contribution in [3.05, 3.63) is 32.6 Å². The van der Waals surface area contributed by atoms with Gasteiger partial charge < -0.3 is 18.3 Å². The lowest BCUT2D eigenvalue weighted by Crippen LogP contribution is -2.45. The van der Waals surface area contributed by atoms with Gasteiger partial charge in [-0.05, 0) is 49.2 Å². The fourth-order valence-corrected chi connectivity index (χ4v) is 11.7. The van der Waals surface area contributed by atoms with E-state index in [1.807, 2.05) is 0 Å². The second kappa shape index (κ2) is 14.9. The Morgan fingerprint density at radius 1 is 0.923 bits per heavy atom. The maximum Gasteiger partial charge on any atom is 0.335 e. The monoisotopic (exact) mass is 600 g/mol. The molecule has 2 heterocycles. The molecule has 0 unspecified atom stereocenters. The van der Waals surface area contributed by atoms with Gasteiger partial charge in [0, 0.05) is 32.9 Å². The molecular weight excluding hydrogens is 545 g/mol. The molecule has 39 heavy (non-hydrogen) atoms. The van der Waals surface area contributed by atoms with E-state index in [4.69, 9.17) is 18.3 Å². The van der Waals surface area contributed by atoms with Gasteiger partial charge in [0.2, 0.25) is 0 Å². The third kappa shape index (κ3) is 8.83. The van der Waals surface area contributed by atoms with Crippen molar-refractivity contribution in [1.82, 2.24) is 9.13 Å². The van der Waals surface area contributed by atoms with Gasteiger partial charge in [0.25, 0.3) is 5.56 Å². The summed E-state index contributed by atoms with van der Waals surface area (Å²) in [5.74, 6) is 0. The Balaban J connectivity index is 2.36. The van der Waals surface area contributed by atoms with E-state index in [9.17, 15) is 9.59 Å². The van der Waals surface area contributed by atoms with Gasteiger partial charge in [-0.25, -0.2) is 9.36 Å². The first-order valence-electron chi connectivity index (χ1n) is 15.2. The number of aromatic nitrogens is 2. The third-order valence-electron chi connectivity index (χ3n) is 8.90. The SMILES string of the molecule is CC[Si](CC)(CC)OC[C@H]1O[C@@H](n2cc(C)c(=O)n(COCC[Si](C)(C)C)c2=O)C[C@@H]1O[Si](CC)(CC)CC. The number of ether oxygens (including phenoxy) is 2. The summed E-state index contributed by atoms with van der Waals surface area (Å²) < 4.78 is 28.8. The van der Waals surface area contributed by atoms with E-state index >= 15 is 0 Å². The number of rotatable bonds is 17. The predicted molar refractivity (Wildman–Crippen MR) is 168 cm³/mol. The van der Waals surface area contributed by atoms with E-state index in [2.05, 4.69) is 61.2 Å². The van der Waals surface area contributed by atoms with E-state index in [0.29, 0.717) is 25.2 Å². The lowest BCUT2D eigenvalue weighted by molar-refractivity contribution is -0.0419. The van der Waals surface area contributed by atoms with E-state index in [1.165, 1.54) is 4.57 Å². The Kier molecular flexibility index (Phi) is 13.1. The normalized spacial score (nSPS) is 20.6. The van der Waals surface area contributed by atoms with Crippen LogP contribution in [-0.4, -0.2) is 59.3 Å². The van der Waals surface area contributed by atoms with Crippen LogP contribution in [0.1, 0.15) is 59.8 Å². The molecule has 0 N–H and O–H groups in total. The fraction of sp³-hybridized carbons (Fsp3) is 0.857. The molecule has 8 nitrogen and oxygen atoms in total. The third-order valence-corrected chi connectivity index (χ3v) is 19.9. The van der Waals surface area contributed by atoms with Gasteiger partial charge in [-0.15, -0.1) is 0 Å². The van der Waals surface area contributed by atoms with Gasteiger partial charge in [-0.2, -0.15) is 0 Å². The van der Waals surface area contributed by atoms with Gasteiger partial charge in [0.15, 0.2) is 16.6 Å². The Labute approximate surface area is 239 Å². The molecule has 0 aliphatic carbocycles. The van der Waals surface area contributed by atoms with Crippen LogP contribution >= 0.6 is 0 Å². The number of nitrogens with zero attached hydrogens (tertiary/aromatic N) is 2. The second-order valence-corrected chi connectivity index (χ2v) is 27.5. The first-order valence-corrected chi connectivity index (χ1v) is 24.0. The molecule has 1 fully saturated rings. The van der Waals surface area contributed by atoms with Crippen molar-refractivity contribution in [3.8, 4) is 0 Å². The van der Waals surface area contributed by atoms with Gasteiger partial charge in [-0.1, -0.05) is 61.2 Å². The van der Waals surface area contributed by atoms with Crippen LogP contribution < -0.4 is 11.2 Å². The van der Waals surface area contributed by atoms with Gasteiger partial charge >= 0.3 is 5.69 Å². The zero-order valence-electron chi connectivity index (χ0n) is 26.4. The molecule has 0 saturated carbocycles.